The lowest BCUT2D eigenvalue weighted by Crippen LogP contribution is -2.53. The number of nitrogens with two attached hydrogens (primary N) is 1. The fourth-order valence-electron chi connectivity index (χ4n) is 2.76. The van der Waals surface area contributed by atoms with Crippen LogP contribution >= 0.6 is 0 Å². The molecule has 1 saturated carbocycles. The van der Waals surface area contributed by atoms with Gasteiger partial charge >= 0.3 is 0 Å². The Morgan fingerprint density at radius 1 is 1.33 bits per heavy atom. The van der Waals surface area contributed by atoms with E-state index in [-0.39, 0.29) is 5.54 Å². The highest BCUT2D eigenvalue weighted by Gasteiger charge is 2.31. The van der Waals surface area contributed by atoms with Crippen LogP contribution in [0.25, 0.3) is 0 Å². The van der Waals surface area contributed by atoms with Crippen LogP contribution in [0, 0.1) is 5.92 Å². The first kappa shape index (κ1) is 11.2. The monoisotopic (exact) mass is 208 g/mol. The van der Waals surface area contributed by atoms with Crippen molar-refractivity contribution >= 4 is 0 Å². The standard InChI is InChI=1S/C13H24N2/c1-13(10-14,9-11-5-4-6-11)15-12-7-2-3-8-12/h2-3,11-12,15H,4-10,14H2,1H3. The van der Waals surface area contributed by atoms with Gasteiger partial charge in [-0.2, -0.15) is 0 Å². The van der Waals surface area contributed by atoms with Gasteiger partial charge in [0.05, 0.1) is 0 Å². The third kappa shape index (κ3) is 2.82. The van der Waals surface area contributed by atoms with Gasteiger partial charge in [0.1, 0.15) is 0 Å². The van der Waals surface area contributed by atoms with E-state index in [1.54, 1.807) is 0 Å². The van der Waals surface area contributed by atoms with Gasteiger partial charge in [-0.25, -0.2) is 0 Å². The van der Waals surface area contributed by atoms with Crippen LogP contribution in [-0.4, -0.2) is 18.1 Å². The lowest BCUT2D eigenvalue weighted by Gasteiger charge is -2.39. The molecule has 2 aliphatic carbocycles. The first-order valence-corrected chi connectivity index (χ1v) is 6.35. The second-order valence-corrected chi connectivity index (χ2v) is 5.55. The molecule has 2 rings (SSSR count). The van der Waals surface area contributed by atoms with Crippen LogP contribution in [0.2, 0.25) is 0 Å². The van der Waals surface area contributed by atoms with E-state index in [2.05, 4.69) is 24.4 Å². The minimum atomic E-state index is 0.168. The highest BCUT2D eigenvalue weighted by atomic mass is 15.0. The van der Waals surface area contributed by atoms with Crippen LogP contribution in [0.5, 0.6) is 0 Å². The molecular formula is C13H24N2. The predicted octanol–water partition coefficient (Wildman–Crippen LogP) is 2.20. The molecule has 1 unspecified atom stereocenters. The SMILES string of the molecule is CC(CN)(CC1CCC1)NC1CC=CC1. The highest BCUT2D eigenvalue weighted by molar-refractivity contribution is 5.01. The van der Waals surface area contributed by atoms with Gasteiger partial charge in [-0.1, -0.05) is 31.4 Å². The average Bonchev–Trinajstić information content (AvgIpc) is 2.64. The van der Waals surface area contributed by atoms with Crippen molar-refractivity contribution < 1.29 is 0 Å². The van der Waals surface area contributed by atoms with Gasteiger partial charge in [-0.15, -0.1) is 0 Å². The summed E-state index contributed by atoms with van der Waals surface area (Å²) < 4.78 is 0. The fourth-order valence-corrected chi connectivity index (χ4v) is 2.76. The molecule has 86 valence electrons. The van der Waals surface area contributed by atoms with E-state index < -0.39 is 0 Å². The number of hydrogen-bond acceptors (Lipinski definition) is 2. The summed E-state index contributed by atoms with van der Waals surface area (Å²) in [6, 6.07) is 0.638. The zero-order valence-electron chi connectivity index (χ0n) is 9.84. The van der Waals surface area contributed by atoms with E-state index in [0.29, 0.717) is 6.04 Å². The fraction of sp³-hybridized carbons (Fsp3) is 0.846. The van der Waals surface area contributed by atoms with Gasteiger partial charge < -0.3 is 11.1 Å². The summed E-state index contributed by atoms with van der Waals surface area (Å²) in [5.41, 5.74) is 6.10. The number of hydrogen-bond donors (Lipinski definition) is 2. The molecule has 0 aromatic rings. The Hall–Kier alpha value is -0.340. The third-order valence-corrected chi connectivity index (χ3v) is 3.97. The van der Waals surface area contributed by atoms with E-state index in [1.807, 2.05) is 0 Å². The molecule has 0 aromatic heterocycles. The summed E-state index contributed by atoms with van der Waals surface area (Å²) in [5, 5.41) is 3.75. The van der Waals surface area contributed by atoms with Crippen molar-refractivity contribution in [3.63, 3.8) is 0 Å². The van der Waals surface area contributed by atoms with Crippen molar-refractivity contribution in [2.45, 2.75) is 57.0 Å². The smallest absolute Gasteiger partial charge is 0.0281 e. The normalized spacial score (nSPS) is 26.5. The molecule has 1 fully saturated rings. The van der Waals surface area contributed by atoms with Gasteiger partial charge in [0.25, 0.3) is 0 Å². The molecule has 0 saturated heterocycles. The number of rotatable bonds is 5. The lowest BCUT2D eigenvalue weighted by molar-refractivity contribution is 0.195. The second kappa shape index (κ2) is 4.67. The first-order chi connectivity index (χ1) is 7.22. The lowest BCUT2D eigenvalue weighted by atomic mass is 9.76. The highest BCUT2D eigenvalue weighted by Crippen LogP contribution is 2.33. The predicted molar refractivity (Wildman–Crippen MR) is 64.7 cm³/mol. The van der Waals surface area contributed by atoms with Gasteiger partial charge in [0.15, 0.2) is 0 Å². The Kier molecular flexibility index (Phi) is 3.47. The van der Waals surface area contributed by atoms with Crippen LogP contribution in [-0.2, 0) is 0 Å². The molecule has 1 atom stereocenters. The summed E-state index contributed by atoms with van der Waals surface area (Å²) in [7, 11) is 0. The molecule has 0 radical (unpaired) electrons. The maximum atomic E-state index is 5.93. The summed E-state index contributed by atoms with van der Waals surface area (Å²) in [4.78, 5) is 0. The van der Waals surface area contributed by atoms with Crippen molar-refractivity contribution in [3.8, 4) is 0 Å². The Labute approximate surface area is 93.3 Å². The van der Waals surface area contributed by atoms with Gasteiger partial charge in [-0.05, 0) is 32.1 Å². The van der Waals surface area contributed by atoms with Crippen LogP contribution < -0.4 is 11.1 Å². The number of nitrogens with one attached hydrogen (secondary N) is 1. The van der Waals surface area contributed by atoms with Crippen LogP contribution in [0.15, 0.2) is 12.2 Å². The molecule has 0 heterocycles. The molecule has 0 amide bonds. The van der Waals surface area contributed by atoms with Crippen LogP contribution in [0.4, 0.5) is 0 Å². The van der Waals surface area contributed by atoms with E-state index >= 15 is 0 Å². The molecule has 0 aromatic carbocycles. The molecule has 15 heavy (non-hydrogen) atoms. The minimum absolute atomic E-state index is 0.168. The van der Waals surface area contributed by atoms with Gasteiger partial charge in [0, 0.05) is 18.1 Å². The molecular weight excluding hydrogens is 184 g/mol. The summed E-state index contributed by atoms with van der Waals surface area (Å²) in [5.74, 6) is 0.931. The maximum absolute atomic E-state index is 5.93. The Balaban J connectivity index is 1.82. The molecule has 0 bridgehead atoms. The zero-order valence-corrected chi connectivity index (χ0v) is 9.84. The molecule has 3 N–H and O–H groups in total. The largest absolute Gasteiger partial charge is 0.329 e. The second-order valence-electron chi connectivity index (χ2n) is 5.55. The van der Waals surface area contributed by atoms with Crippen LogP contribution in [0.3, 0.4) is 0 Å². The van der Waals surface area contributed by atoms with Gasteiger partial charge in [-0.3, -0.25) is 0 Å². The Bertz CT molecular complexity index is 225. The van der Waals surface area contributed by atoms with E-state index in [4.69, 9.17) is 5.73 Å². The average molecular weight is 208 g/mol. The van der Waals surface area contributed by atoms with Crippen LogP contribution in [0.1, 0.15) is 45.4 Å². The maximum Gasteiger partial charge on any atom is 0.0281 e. The zero-order chi connectivity index (χ0) is 10.7. The molecule has 0 aliphatic heterocycles. The topological polar surface area (TPSA) is 38.0 Å². The molecule has 2 aliphatic rings. The quantitative estimate of drug-likeness (QED) is 0.680. The third-order valence-electron chi connectivity index (χ3n) is 3.97. The Morgan fingerprint density at radius 3 is 2.47 bits per heavy atom. The van der Waals surface area contributed by atoms with Crippen molar-refractivity contribution in [2.24, 2.45) is 11.7 Å². The van der Waals surface area contributed by atoms with Crippen molar-refractivity contribution in [1.82, 2.24) is 5.32 Å². The summed E-state index contributed by atoms with van der Waals surface area (Å²) >= 11 is 0. The van der Waals surface area contributed by atoms with E-state index in [9.17, 15) is 0 Å². The van der Waals surface area contributed by atoms with E-state index in [0.717, 1.165) is 12.5 Å². The van der Waals surface area contributed by atoms with Crippen molar-refractivity contribution in [3.05, 3.63) is 12.2 Å². The Morgan fingerprint density at radius 2 is 2.00 bits per heavy atom. The summed E-state index contributed by atoms with van der Waals surface area (Å²) in [6.45, 7) is 3.06. The van der Waals surface area contributed by atoms with Crippen molar-refractivity contribution in [2.75, 3.05) is 6.54 Å². The molecule has 0 spiro atoms. The first-order valence-electron chi connectivity index (χ1n) is 6.35. The van der Waals surface area contributed by atoms with Crippen molar-refractivity contribution in [1.29, 1.82) is 0 Å². The minimum Gasteiger partial charge on any atom is -0.329 e. The molecule has 2 nitrogen and oxygen atoms in total. The van der Waals surface area contributed by atoms with Gasteiger partial charge in [0.2, 0.25) is 0 Å². The van der Waals surface area contributed by atoms with E-state index in [1.165, 1.54) is 38.5 Å². The molecule has 2 heteroatoms. The summed E-state index contributed by atoms with van der Waals surface area (Å²) in [6.07, 6.45) is 12.4.